The molecular formula is C15H14ClFO2. The number of aliphatic hydroxyl groups is 1. The molecule has 0 radical (unpaired) electrons. The number of aryl methyl sites for hydroxylation is 1. The highest BCUT2D eigenvalue weighted by Gasteiger charge is 2.12. The highest BCUT2D eigenvalue weighted by atomic mass is 35.5. The van der Waals surface area contributed by atoms with Gasteiger partial charge in [-0.3, -0.25) is 0 Å². The van der Waals surface area contributed by atoms with Crippen molar-refractivity contribution < 1.29 is 14.2 Å². The van der Waals surface area contributed by atoms with Crippen molar-refractivity contribution in [3.63, 3.8) is 0 Å². The van der Waals surface area contributed by atoms with Crippen molar-refractivity contribution in [3.8, 4) is 11.5 Å². The fourth-order valence-electron chi connectivity index (χ4n) is 1.75. The number of hydrogen-bond donors (Lipinski definition) is 1. The Kier molecular flexibility index (Phi) is 4.08. The quantitative estimate of drug-likeness (QED) is 0.888. The molecule has 0 saturated carbocycles. The Hall–Kier alpha value is -1.58. The van der Waals surface area contributed by atoms with Crippen molar-refractivity contribution in [2.75, 3.05) is 0 Å². The Morgan fingerprint density at radius 2 is 1.84 bits per heavy atom. The van der Waals surface area contributed by atoms with Gasteiger partial charge >= 0.3 is 0 Å². The molecule has 19 heavy (non-hydrogen) atoms. The summed E-state index contributed by atoms with van der Waals surface area (Å²) in [6.07, 6.45) is -0.824. The van der Waals surface area contributed by atoms with Crippen LogP contribution >= 0.6 is 11.6 Å². The lowest BCUT2D eigenvalue weighted by Crippen LogP contribution is -1.97. The van der Waals surface area contributed by atoms with Gasteiger partial charge in [0.05, 0.1) is 11.1 Å². The van der Waals surface area contributed by atoms with Crippen LogP contribution in [0.3, 0.4) is 0 Å². The molecule has 0 saturated heterocycles. The van der Waals surface area contributed by atoms with Crippen molar-refractivity contribution in [2.45, 2.75) is 20.0 Å². The first-order valence-corrected chi connectivity index (χ1v) is 6.26. The summed E-state index contributed by atoms with van der Waals surface area (Å²) in [6.45, 7) is 3.48. The Bertz CT molecular complexity index is 597. The van der Waals surface area contributed by atoms with E-state index in [0.29, 0.717) is 22.1 Å². The van der Waals surface area contributed by atoms with Crippen molar-refractivity contribution in [2.24, 2.45) is 0 Å². The second-order valence-electron chi connectivity index (χ2n) is 4.39. The number of hydrogen-bond acceptors (Lipinski definition) is 2. The number of ether oxygens (including phenoxy) is 1. The van der Waals surface area contributed by atoms with E-state index in [1.54, 1.807) is 19.1 Å². The van der Waals surface area contributed by atoms with Crippen LogP contribution in [0.15, 0.2) is 36.4 Å². The molecule has 1 N–H and O–H groups in total. The minimum atomic E-state index is -0.824. The standard InChI is InChI=1S/C15H14ClFO2/c1-9-3-5-15(13(16)7-9)19-14-6-4-11(17)8-12(14)10(2)18/h3-8,10,18H,1-2H3/t10-/m1/s1. The van der Waals surface area contributed by atoms with Crippen LogP contribution in [0, 0.1) is 12.7 Å². The summed E-state index contributed by atoms with van der Waals surface area (Å²) in [6, 6.07) is 9.40. The van der Waals surface area contributed by atoms with Gasteiger partial charge in [-0.25, -0.2) is 4.39 Å². The fraction of sp³-hybridized carbons (Fsp3) is 0.200. The minimum absolute atomic E-state index is 0.386. The van der Waals surface area contributed by atoms with E-state index in [1.165, 1.54) is 18.2 Å². The minimum Gasteiger partial charge on any atom is -0.455 e. The van der Waals surface area contributed by atoms with E-state index in [9.17, 15) is 9.50 Å². The second-order valence-corrected chi connectivity index (χ2v) is 4.80. The number of aliphatic hydroxyl groups excluding tert-OH is 1. The molecule has 0 fully saturated rings. The van der Waals surface area contributed by atoms with Gasteiger partial charge in [0, 0.05) is 5.56 Å². The van der Waals surface area contributed by atoms with Gasteiger partial charge in [0.2, 0.25) is 0 Å². The van der Waals surface area contributed by atoms with E-state index in [2.05, 4.69) is 0 Å². The lowest BCUT2D eigenvalue weighted by Gasteiger charge is -2.14. The van der Waals surface area contributed by atoms with Crippen LogP contribution in [0.25, 0.3) is 0 Å². The van der Waals surface area contributed by atoms with Crippen molar-refractivity contribution >= 4 is 11.6 Å². The molecule has 0 heterocycles. The van der Waals surface area contributed by atoms with Gasteiger partial charge in [-0.15, -0.1) is 0 Å². The molecule has 2 aromatic rings. The lowest BCUT2D eigenvalue weighted by atomic mass is 10.1. The Labute approximate surface area is 116 Å². The highest BCUT2D eigenvalue weighted by Crippen LogP contribution is 2.34. The Morgan fingerprint density at radius 1 is 1.16 bits per heavy atom. The molecule has 0 amide bonds. The second kappa shape index (κ2) is 5.59. The zero-order chi connectivity index (χ0) is 14.0. The van der Waals surface area contributed by atoms with Gasteiger partial charge in [0.15, 0.2) is 0 Å². The summed E-state index contributed by atoms with van der Waals surface area (Å²) in [4.78, 5) is 0. The molecule has 1 atom stereocenters. The number of halogens is 2. The van der Waals surface area contributed by atoms with E-state index in [0.717, 1.165) is 5.56 Å². The zero-order valence-electron chi connectivity index (χ0n) is 10.7. The molecule has 0 aromatic heterocycles. The van der Waals surface area contributed by atoms with Crippen LogP contribution in [-0.2, 0) is 0 Å². The topological polar surface area (TPSA) is 29.5 Å². The average molecular weight is 281 g/mol. The van der Waals surface area contributed by atoms with Crippen LogP contribution in [0.2, 0.25) is 5.02 Å². The van der Waals surface area contributed by atoms with Gasteiger partial charge in [-0.05, 0) is 49.7 Å². The third-order valence-corrected chi connectivity index (χ3v) is 3.02. The monoisotopic (exact) mass is 280 g/mol. The normalized spacial score (nSPS) is 12.3. The molecule has 0 bridgehead atoms. The van der Waals surface area contributed by atoms with E-state index in [-0.39, 0.29) is 0 Å². The molecule has 100 valence electrons. The molecule has 2 nitrogen and oxygen atoms in total. The molecule has 0 spiro atoms. The van der Waals surface area contributed by atoms with Crippen LogP contribution in [0.1, 0.15) is 24.2 Å². The van der Waals surface area contributed by atoms with Crippen molar-refractivity contribution in [1.82, 2.24) is 0 Å². The smallest absolute Gasteiger partial charge is 0.146 e. The lowest BCUT2D eigenvalue weighted by molar-refractivity contribution is 0.195. The van der Waals surface area contributed by atoms with E-state index in [4.69, 9.17) is 16.3 Å². The molecule has 2 aromatic carbocycles. The molecule has 2 rings (SSSR count). The third kappa shape index (κ3) is 3.25. The van der Waals surface area contributed by atoms with Crippen molar-refractivity contribution in [1.29, 1.82) is 0 Å². The zero-order valence-corrected chi connectivity index (χ0v) is 11.4. The molecule has 4 heteroatoms. The molecule has 0 unspecified atom stereocenters. The summed E-state index contributed by atoms with van der Waals surface area (Å²) in [5.74, 6) is 0.446. The highest BCUT2D eigenvalue weighted by molar-refractivity contribution is 6.32. The maximum absolute atomic E-state index is 13.2. The van der Waals surface area contributed by atoms with Gasteiger partial charge in [0.1, 0.15) is 17.3 Å². The van der Waals surface area contributed by atoms with E-state index < -0.39 is 11.9 Å². The molecule has 0 aliphatic carbocycles. The Morgan fingerprint density at radius 3 is 2.47 bits per heavy atom. The predicted molar refractivity (Wildman–Crippen MR) is 73.3 cm³/mol. The van der Waals surface area contributed by atoms with Crippen LogP contribution in [-0.4, -0.2) is 5.11 Å². The molecule has 0 aliphatic heterocycles. The fourth-order valence-corrected chi connectivity index (χ4v) is 2.02. The summed E-state index contributed by atoms with van der Waals surface area (Å²) < 4.78 is 18.8. The first kappa shape index (κ1) is 13.8. The number of rotatable bonds is 3. The van der Waals surface area contributed by atoms with Gasteiger partial charge in [0.25, 0.3) is 0 Å². The Balaban J connectivity index is 2.38. The van der Waals surface area contributed by atoms with E-state index in [1.807, 2.05) is 13.0 Å². The maximum atomic E-state index is 13.2. The summed E-state index contributed by atoms with van der Waals surface area (Å²) in [5.41, 5.74) is 1.41. The third-order valence-electron chi connectivity index (χ3n) is 2.73. The largest absolute Gasteiger partial charge is 0.455 e. The number of benzene rings is 2. The van der Waals surface area contributed by atoms with Crippen LogP contribution in [0.4, 0.5) is 4.39 Å². The first-order chi connectivity index (χ1) is 8.97. The van der Waals surface area contributed by atoms with Crippen molar-refractivity contribution in [3.05, 3.63) is 58.4 Å². The van der Waals surface area contributed by atoms with E-state index >= 15 is 0 Å². The summed E-state index contributed by atoms with van der Waals surface area (Å²) in [5, 5.41) is 10.1. The SMILES string of the molecule is Cc1ccc(Oc2ccc(F)cc2[C@@H](C)O)c(Cl)c1. The summed E-state index contributed by atoms with van der Waals surface area (Å²) >= 11 is 6.08. The van der Waals surface area contributed by atoms with Gasteiger partial charge < -0.3 is 9.84 Å². The predicted octanol–water partition coefficient (Wildman–Crippen LogP) is 4.63. The summed E-state index contributed by atoms with van der Waals surface area (Å²) in [7, 11) is 0. The van der Waals surface area contributed by atoms with Gasteiger partial charge in [-0.2, -0.15) is 0 Å². The maximum Gasteiger partial charge on any atom is 0.146 e. The molecular weight excluding hydrogens is 267 g/mol. The first-order valence-electron chi connectivity index (χ1n) is 5.89. The van der Waals surface area contributed by atoms with Crippen LogP contribution < -0.4 is 4.74 Å². The van der Waals surface area contributed by atoms with Gasteiger partial charge in [-0.1, -0.05) is 17.7 Å². The molecule has 0 aliphatic rings. The van der Waals surface area contributed by atoms with Crippen LogP contribution in [0.5, 0.6) is 11.5 Å². The average Bonchev–Trinajstić information content (AvgIpc) is 2.34.